The predicted molar refractivity (Wildman–Crippen MR) is 56.4 cm³/mol. The van der Waals surface area contributed by atoms with E-state index in [1.807, 2.05) is 13.0 Å². The Kier molecular flexibility index (Phi) is 2.50. The van der Waals surface area contributed by atoms with Crippen LogP contribution in [0.4, 0.5) is 0 Å². The maximum absolute atomic E-state index is 8.60. The lowest BCUT2D eigenvalue weighted by Gasteiger charge is -2.04. The lowest BCUT2D eigenvalue weighted by molar-refractivity contribution is 0.318. The molecule has 2 aromatic heterocycles. The summed E-state index contributed by atoms with van der Waals surface area (Å²) in [6.45, 7) is 1.84. The third-order valence-electron chi connectivity index (χ3n) is 2.01. The van der Waals surface area contributed by atoms with Crippen LogP contribution >= 0.6 is 0 Å². The molecule has 7 heteroatoms. The van der Waals surface area contributed by atoms with Crippen molar-refractivity contribution in [1.29, 1.82) is 0 Å². The number of nitrogens with two attached hydrogens (primary N) is 1. The second kappa shape index (κ2) is 3.97. The van der Waals surface area contributed by atoms with Crippen molar-refractivity contribution in [2.45, 2.75) is 6.92 Å². The van der Waals surface area contributed by atoms with Crippen LogP contribution in [0, 0.1) is 6.92 Å². The first kappa shape index (κ1) is 10.1. The van der Waals surface area contributed by atoms with Crippen LogP contribution in [0.3, 0.4) is 0 Å². The molecule has 16 heavy (non-hydrogen) atoms. The van der Waals surface area contributed by atoms with Gasteiger partial charge in [0.05, 0.1) is 5.69 Å². The van der Waals surface area contributed by atoms with Gasteiger partial charge in [0.1, 0.15) is 0 Å². The van der Waals surface area contributed by atoms with Gasteiger partial charge in [-0.3, -0.25) is 4.57 Å². The van der Waals surface area contributed by atoms with Gasteiger partial charge in [-0.1, -0.05) is 5.16 Å². The number of imidazole rings is 1. The summed E-state index contributed by atoms with van der Waals surface area (Å²) in [4.78, 5) is 3.97. The number of oxime groups is 1. The van der Waals surface area contributed by atoms with E-state index in [0.717, 1.165) is 5.69 Å². The van der Waals surface area contributed by atoms with Gasteiger partial charge in [-0.05, 0) is 19.1 Å². The number of hydrogen-bond donors (Lipinski definition) is 2. The lowest BCUT2D eigenvalue weighted by Crippen LogP contribution is -2.19. The van der Waals surface area contributed by atoms with Crippen molar-refractivity contribution in [3.8, 4) is 5.82 Å². The lowest BCUT2D eigenvalue weighted by atomic mass is 10.4. The third kappa shape index (κ3) is 1.70. The smallest absolute Gasteiger partial charge is 0.206 e. The van der Waals surface area contributed by atoms with E-state index < -0.39 is 0 Å². The maximum atomic E-state index is 8.60. The van der Waals surface area contributed by atoms with Gasteiger partial charge in [-0.2, -0.15) is 5.10 Å². The summed E-state index contributed by atoms with van der Waals surface area (Å²) in [5.41, 5.74) is 6.29. The van der Waals surface area contributed by atoms with E-state index >= 15 is 0 Å². The summed E-state index contributed by atoms with van der Waals surface area (Å²) in [5, 5.41) is 19.4. The molecule has 2 aromatic rings. The van der Waals surface area contributed by atoms with Crippen molar-refractivity contribution in [2.24, 2.45) is 10.9 Å². The zero-order chi connectivity index (χ0) is 11.5. The van der Waals surface area contributed by atoms with Crippen molar-refractivity contribution >= 4 is 5.84 Å². The summed E-state index contributed by atoms with van der Waals surface area (Å²) >= 11 is 0. The van der Waals surface area contributed by atoms with Gasteiger partial charge >= 0.3 is 0 Å². The number of aromatic nitrogens is 4. The standard InChI is InChI=1S/C9H10N6O/c1-6-2-3-7(13-12-6)15-5-4-11-9(15)8(10)14-16/h2-5,16H,1H3,(H2,10,14). The number of nitrogens with zero attached hydrogens (tertiary/aromatic N) is 5. The van der Waals surface area contributed by atoms with Crippen LogP contribution in [0.1, 0.15) is 11.5 Å². The molecule has 0 aliphatic heterocycles. The normalized spacial score (nSPS) is 11.7. The Morgan fingerprint density at radius 3 is 2.88 bits per heavy atom. The minimum atomic E-state index is -0.0765. The average Bonchev–Trinajstić information content (AvgIpc) is 2.78. The number of hydrogen-bond acceptors (Lipinski definition) is 5. The molecule has 0 saturated carbocycles. The van der Waals surface area contributed by atoms with E-state index in [1.165, 1.54) is 6.20 Å². The number of rotatable bonds is 2. The molecule has 0 radical (unpaired) electrons. The Labute approximate surface area is 91.2 Å². The van der Waals surface area contributed by atoms with Crippen LogP contribution in [-0.2, 0) is 0 Å². The highest BCUT2D eigenvalue weighted by Gasteiger charge is 2.10. The Bertz CT molecular complexity index is 515. The van der Waals surface area contributed by atoms with E-state index in [-0.39, 0.29) is 5.84 Å². The Balaban J connectivity index is 2.49. The first-order valence-corrected chi connectivity index (χ1v) is 4.54. The summed E-state index contributed by atoms with van der Waals surface area (Å²) in [5.74, 6) is 0.803. The third-order valence-corrected chi connectivity index (χ3v) is 2.01. The number of aryl methyl sites for hydroxylation is 1. The Hall–Kier alpha value is -2.44. The first-order chi connectivity index (χ1) is 7.72. The summed E-state index contributed by atoms with van der Waals surface area (Å²) in [6.07, 6.45) is 3.20. The molecular weight excluding hydrogens is 208 g/mol. The molecule has 3 N–H and O–H groups in total. The molecule has 0 spiro atoms. The molecule has 7 nitrogen and oxygen atoms in total. The van der Waals surface area contributed by atoms with Crippen LogP contribution in [0.5, 0.6) is 0 Å². The van der Waals surface area contributed by atoms with Crippen molar-refractivity contribution < 1.29 is 5.21 Å². The molecule has 82 valence electrons. The van der Waals surface area contributed by atoms with Gasteiger partial charge in [0.2, 0.25) is 5.84 Å². The SMILES string of the molecule is Cc1ccc(-n2ccnc2C(N)=NO)nn1. The molecular formula is C9H10N6O. The first-order valence-electron chi connectivity index (χ1n) is 4.54. The van der Waals surface area contributed by atoms with Gasteiger partial charge < -0.3 is 10.9 Å². The quantitative estimate of drug-likeness (QED) is 0.321. The fourth-order valence-corrected chi connectivity index (χ4v) is 1.24. The van der Waals surface area contributed by atoms with Gasteiger partial charge in [0, 0.05) is 12.4 Å². The van der Waals surface area contributed by atoms with Crippen molar-refractivity contribution in [3.63, 3.8) is 0 Å². The largest absolute Gasteiger partial charge is 0.409 e. The van der Waals surface area contributed by atoms with Crippen LogP contribution < -0.4 is 5.73 Å². The minimum absolute atomic E-state index is 0.0765. The van der Waals surface area contributed by atoms with Crippen LogP contribution in [0.2, 0.25) is 0 Å². The molecule has 0 atom stereocenters. The topological polar surface area (TPSA) is 102 Å². The van der Waals surface area contributed by atoms with Crippen molar-refractivity contribution in [3.05, 3.63) is 36.0 Å². The summed E-state index contributed by atoms with van der Waals surface area (Å²) < 4.78 is 1.58. The molecule has 0 aromatic carbocycles. The van der Waals surface area contributed by atoms with E-state index in [2.05, 4.69) is 20.3 Å². The molecule has 0 amide bonds. The Morgan fingerprint density at radius 2 is 2.25 bits per heavy atom. The predicted octanol–water partition coefficient (Wildman–Crippen LogP) is 0.0652. The number of amidine groups is 1. The Morgan fingerprint density at radius 1 is 1.44 bits per heavy atom. The van der Waals surface area contributed by atoms with Crippen LogP contribution in [0.25, 0.3) is 5.82 Å². The highest BCUT2D eigenvalue weighted by atomic mass is 16.4. The van der Waals surface area contributed by atoms with Crippen molar-refractivity contribution in [1.82, 2.24) is 19.7 Å². The molecule has 0 bridgehead atoms. The van der Waals surface area contributed by atoms with E-state index in [9.17, 15) is 0 Å². The van der Waals surface area contributed by atoms with E-state index in [4.69, 9.17) is 10.9 Å². The van der Waals surface area contributed by atoms with Gasteiger partial charge in [0.25, 0.3) is 0 Å². The molecule has 0 aliphatic carbocycles. The van der Waals surface area contributed by atoms with Crippen LogP contribution in [-0.4, -0.2) is 30.8 Å². The molecule has 0 unspecified atom stereocenters. The molecule has 0 fully saturated rings. The van der Waals surface area contributed by atoms with E-state index in [1.54, 1.807) is 16.8 Å². The zero-order valence-corrected chi connectivity index (χ0v) is 8.57. The van der Waals surface area contributed by atoms with Gasteiger partial charge in [-0.25, -0.2) is 4.98 Å². The molecule has 0 saturated heterocycles. The van der Waals surface area contributed by atoms with Crippen LogP contribution in [0.15, 0.2) is 29.7 Å². The highest BCUT2D eigenvalue weighted by molar-refractivity contribution is 5.94. The molecule has 2 rings (SSSR count). The summed E-state index contributed by atoms with van der Waals surface area (Å²) in [7, 11) is 0. The fourth-order valence-electron chi connectivity index (χ4n) is 1.24. The van der Waals surface area contributed by atoms with Crippen molar-refractivity contribution in [2.75, 3.05) is 0 Å². The fraction of sp³-hybridized carbons (Fsp3) is 0.111. The minimum Gasteiger partial charge on any atom is -0.409 e. The zero-order valence-electron chi connectivity index (χ0n) is 8.57. The molecule has 0 aliphatic rings. The monoisotopic (exact) mass is 218 g/mol. The van der Waals surface area contributed by atoms with Gasteiger partial charge in [0.15, 0.2) is 11.6 Å². The maximum Gasteiger partial charge on any atom is 0.206 e. The van der Waals surface area contributed by atoms with Gasteiger partial charge in [-0.15, -0.1) is 5.10 Å². The second-order valence-electron chi connectivity index (χ2n) is 3.14. The average molecular weight is 218 g/mol. The highest BCUT2D eigenvalue weighted by Crippen LogP contribution is 2.06. The summed E-state index contributed by atoms with van der Waals surface area (Å²) in [6, 6.07) is 3.59. The van der Waals surface area contributed by atoms with E-state index in [0.29, 0.717) is 11.6 Å². The second-order valence-corrected chi connectivity index (χ2v) is 3.14. The molecule has 2 heterocycles.